The van der Waals surface area contributed by atoms with E-state index in [1.54, 1.807) is 6.20 Å². The Labute approximate surface area is 159 Å². The van der Waals surface area contributed by atoms with E-state index in [2.05, 4.69) is 35.3 Å². The van der Waals surface area contributed by atoms with Gasteiger partial charge in [-0.05, 0) is 43.9 Å². The molecule has 0 bridgehead atoms. The summed E-state index contributed by atoms with van der Waals surface area (Å²) in [7, 11) is 1.98. The average Bonchev–Trinajstić information content (AvgIpc) is 3.01. The van der Waals surface area contributed by atoms with E-state index in [4.69, 9.17) is 0 Å². The minimum Gasteiger partial charge on any atom is -0.325 e. The largest absolute Gasteiger partial charge is 0.325 e. The summed E-state index contributed by atoms with van der Waals surface area (Å²) in [5, 5.41) is 8.38. The Morgan fingerprint density at radius 3 is 2.58 bits per heavy atom. The summed E-state index contributed by atoms with van der Waals surface area (Å²) in [6.07, 6.45) is 5.56. The minimum atomic E-state index is -0.0359. The first-order valence-corrected chi connectivity index (χ1v) is 9.82. The number of nitrogens with zero attached hydrogens (tertiary/aromatic N) is 4. The molecule has 0 saturated carbocycles. The topological polar surface area (TPSA) is 63.1 Å². The van der Waals surface area contributed by atoms with Crippen LogP contribution in [-0.4, -0.2) is 43.5 Å². The van der Waals surface area contributed by atoms with Crippen molar-refractivity contribution in [2.45, 2.75) is 43.4 Å². The number of rotatable bonds is 4. The van der Waals surface area contributed by atoms with Gasteiger partial charge < -0.3 is 10.2 Å². The Balaban J connectivity index is 1.53. The SMILES string of the molecule is Cc1ccc(NC(=O)N2CCC(C(C)(C)Sc3ccnn3C)CC2)cn1. The van der Waals surface area contributed by atoms with Gasteiger partial charge in [-0.3, -0.25) is 9.67 Å². The molecule has 6 nitrogen and oxygen atoms in total. The van der Waals surface area contributed by atoms with Crippen LogP contribution in [0.1, 0.15) is 32.4 Å². The van der Waals surface area contributed by atoms with Gasteiger partial charge in [-0.25, -0.2) is 4.79 Å². The number of hydrogen-bond acceptors (Lipinski definition) is 4. The molecule has 1 fully saturated rings. The van der Waals surface area contributed by atoms with Crippen molar-refractivity contribution in [3.05, 3.63) is 36.3 Å². The van der Waals surface area contributed by atoms with Crippen LogP contribution in [0.5, 0.6) is 0 Å². The molecule has 3 heterocycles. The van der Waals surface area contributed by atoms with Gasteiger partial charge in [0.05, 0.1) is 23.1 Å². The predicted octanol–water partition coefficient (Wildman–Crippen LogP) is 3.94. The zero-order chi connectivity index (χ0) is 18.7. The van der Waals surface area contributed by atoms with Crippen LogP contribution in [0, 0.1) is 12.8 Å². The molecule has 0 spiro atoms. The van der Waals surface area contributed by atoms with E-state index >= 15 is 0 Å². The van der Waals surface area contributed by atoms with Crippen molar-refractivity contribution in [3.63, 3.8) is 0 Å². The van der Waals surface area contributed by atoms with Gasteiger partial charge in [0, 0.05) is 30.6 Å². The van der Waals surface area contributed by atoms with E-state index in [0.717, 1.165) is 37.3 Å². The zero-order valence-electron chi connectivity index (χ0n) is 15.9. The maximum absolute atomic E-state index is 12.5. The van der Waals surface area contributed by atoms with E-state index in [9.17, 15) is 4.79 Å². The first-order valence-electron chi connectivity index (χ1n) is 9.01. The summed E-state index contributed by atoms with van der Waals surface area (Å²) in [4.78, 5) is 18.6. The molecule has 1 N–H and O–H groups in total. The molecule has 1 saturated heterocycles. The van der Waals surface area contributed by atoms with Gasteiger partial charge in [0.2, 0.25) is 0 Å². The van der Waals surface area contributed by atoms with Crippen molar-refractivity contribution in [3.8, 4) is 0 Å². The molecule has 0 unspecified atom stereocenters. The highest BCUT2D eigenvalue weighted by Gasteiger charge is 2.35. The molecule has 2 aromatic heterocycles. The molecule has 0 aromatic carbocycles. The predicted molar refractivity (Wildman–Crippen MR) is 105 cm³/mol. The molecule has 3 rings (SSSR count). The highest BCUT2D eigenvalue weighted by atomic mass is 32.2. The Bertz CT molecular complexity index is 748. The van der Waals surface area contributed by atoms with Crippen LogP contribution in [0.4, 0.5) is 10.5 Å². The van der Waals surface area contributed by atoms with Crippen LogP contribution in [0.3, 0.4) is 0 Å². The van der Waals surface area contributed by atoms with Gasteiger partial charge in [-0.2, -0.15) is 5.10 Å². The first-order chi connectivity index (χ1) is 12.3. The quantitative estimate of drug-likeness (QED) is 0.825. The number of amides is 2. The summed E-state index contributed by atoms with van der Waals surface area (Å²) in [5.74, 6) is 0.562. The number of piperidine rings is 1. The van der Waals surface area contributed by atoms with Gasteiger partial charge >= 0.3 is 6.03 Å². The molecular weight excluding hydrogens is 346 g/mol. The van der Waals surface area contributed by atoms with Crippen LogP contribution in [0.15, 0.2) is 35.6 Å². The number of urea groups is 1. The smallest absolute Gasteiger partial charge is 0.321 e. The monoisotopic (exact) mass is 373 g/mol. The van der Waals surface area contributed by atoms with Gasteiger partial charge in [0.25, 0.3) is 0 Å². The van der Waals surface area contributed by atoms with E-state index in [1.165, 1.54) is 5.03 Å². The third-order valence-corrected chi connectivity index (χ3v) is 6.54. The van der Waals surface area contributed by atoms with Gasteiger partial charge in [-0.15, -0.1) is 11.8 Å². The molecule has 1 aliphatic rings. The van der Waals surface area contributed by atoms with Crippen molar-refractivity contribution >= 4 is 23.5 Å². The van der Waals surface area contributed by atoms with E-state index in [1.807, 2.05) is 53.6 Å². The van der Waals surface area contributed by atoms with Gasteiger partial charge in [0.15, 0.2) is 0 Å². The number of carbonyl (C=O) groups excluding carboxylic acids is 1. The number of thioether (sulfide) groups is 1. The van der Waals surface area contributed by atoms with Crippen LogP contribution < -0.4 is 5.32 Å². The number of carbonyl (C=O) groups is 1. The molecule has 1 aliphatic heterocycles. The third-order valence-electron chi connectivity index (χ3n) is 5.07. The van der Waals surface area contributed by atoms with Crippen molar-refractivity contribution in [1.82, 2.24) is 19.7 Å². The summed E-state index contributed by atoms with van der Waals surface area (Å²) in [6, 6.07) is 5.82. The van der Waals surface area contributed by atoms with Crippen molar-refractivity contribution in [2.24, 2.45) is 13.0 Å². The second-order valence-electron chi connectivity index (χ2n) is 7.38. The molecule has 2 amide bonds. The number of likely N-dealkylation sites (tertiary alicyclic amines) is 1. The third kappa shape index (κ3) is 4.38. The number of anilines is 1. The molecule has 0 radical (unpaired) electrons. The normalized spacial score (nSPS) is 15.9. The highest BCUT2D eigenvalue weighted by Crippen LogP contribution is 2.42. The molecule has 2 aromatic rings. The van der Waals surface area contributed by atoms with E-state index in [-0.39, 0.29) is 10.8 Å². The number of nitrogens with one attached hydrogen (secondary N) is 1. The first kappa shape index (κ1) is 18.8. The standard InChI is InChI=1S/C19H27N5OS/c1-14-5-6-16(13-20-14)22-18(25)24-11-8-15(9-12-24)19(2,3)26-17-7-10-21-23(17)4/h5-7,10,13,15H,8-9,11-12H2,1-4H3,(H,22,25). The Kier molecular flexibility index (Phi) is 5.55. The maximum Gasteiger partial charge on any atom is 0.321 e. The second kappa shape index (κ2) is 7.70. The summed E-state index contributed by atoms with van der Waals surface area (Å²) in [6.45, 7) is 8.09. The molecule has 140 valence electrons. The van der Waals surface area contributed by atoms with Gasteiger partial charge in [0.1, 0.15) is 0 Å². The number of hydrogen-bond donors (Lipinski definition) is 1. The Morgan fingerprint density at radius 1 is 1.27 bits per heavy atom. The molecular formula is C19H27N5OS. The molecule has 26 heavy (non-hydrogen) atoms. The van der Waals surface area contributed by atoms with Gasteiger partial charge in [-0.1, -0.05) is 13.8 Å². The van der Waals surface area contributed by atoms with Crippen LogP contribution >= 0.6 is 11.8 Å². The fourth-order valence-corrected chi connectivity index (χ4v) is 4.59. The average molecular weight is 374 g/mol. The Hall–Kier alpha value is -2.02. The van der Waals surface area contributed by atoms with E-state index in [0.29, 0.717) is 5.92 Å². The van der Waals surface area contributed by atoms with Crippen molar-refractivity contribution in [2.75, 3.05) is 18.4 Å². The fraction of sp³-hybridized carbons (Fsp3) is 0.526. The highest BCUT2D eigenvalue weighted by molar-refractivity contribution is 8.00. The summed E-state index contributed by atoms with van der Waals surface area (Å²) < 4.78 is 2.03. The fourth-order valence-electron chi connectivity index (χ4n) is 3.34. The number of pyridine rings is 1. The molecule has 7 heteroatoms. The minimum absolute atomic E-state index is 0.0359. The summed E-state index contributed by atoms with van der Waals surface area (Å²) in [5.41, 5.74) is 1.69. The lowest BCUT2D eigenvalue weighted by molar-refractivity contribution is 0.173. The lowest BCUT2D eigenvalue weighted by Gasteiger charge is -2.40. The number of aryl methyl sites for hydroxylation is 2. The van der Waals surface area contributed by atoms with Crippen LogP contribution in [0.2, 0.25) is 0 Å². The van der Waals surface area contributed by atoms with Crippen molar-refractivity contribution < 1.29 is 4.79 Å². The zero-order valence-corrected chi connectivity index (χ0v) is 16.7. The van der Waals surface area contributed by atoms with Crippen LogP contribution in [-0.2, 0) is 7.05 Å². The summed E-state index contributed by atoms with van der Waals surface area (Å²) >= 11 is 1.87. The second-order valence-corrected chi connectivity index (χ2v) is 9.05. The lowest BCUT2D eigenvalue weighted by atomic mass is 9.86. The molecule has 0 atom stereocenters. The Morgan fingerprint density at radius 2 is 2.00 bits per heavy atom. The van der Waals surface area contributed by atoms with Crippen molar-refractivity contribution in [1.29, 1.82) is 0 Å². The molecule has 0 aliphatic carbocycles. The van der Waals surface area contributed by atoms with Crippen LogP contribution in [0.25, 0.3) is 0 Å². The van der Waals surface area contributed by atoms with E-state index < -0.39 is 0 Å². The lowest BCUT2D eigenvalue weighted by Crippen LogP contribution is -2.44. The maximum atomic E-state index is 12.5. The number of aromatic nitrogens is 3.